The first kappa shape index (κ1) is 13.3. The standard InChI is InChI=1S/C11H24N4O/c1-15(2)10(9-4-5-9)8-14-11(12)13-6-7-16-3/h9-10H,4-8H2,1-3H3,(H3,12,13,14). The van der Waals surface area contributed by atoms with Crippen LogP contribution in [0.25, 0.3) is 0 Å². The monoisotopic (exact) mass is 228 g/mol. The molecule has 0 amide bonds. The molecule has 0 aromatic rings. The van der Waals surface area contributed by atoms with E-state index in [0.717, 1.165) is 12.5 Å². The van der Waals surface area contributed by atoms with Crippen LogP contribution in [0.2, 0.25) is 0 Å². The third kappa shape index (κ3) is 4.81. The van der Waals surface area contributed by atoms with Gasteiger partial charge < -0.3 is 20.7 Å². The number of rotatable bonds is 7. The van der Waals surface area contributed by atoms with E-state index < -0.39 is 0 Å². The van der Waals surface area contributed by atoms with Gasteiger partial charge in [-0.05, 0) is 32.9 Å². The molecule has 0 aromatic heterocycles. The topological polar surface area (TPSA) is 62.9 Å². The van der Waals surface area contributed by atoms with Gasteiger partial charge in [0.25, 0.3) is 0 Å². The highest BCUT2D eigenvalue weighted by molar-refractivity contribution is 5.77. The van der Waals surface area contributed by atoms with Crippen LogP contribution in [0.15, 0.2) is 4.99 Å². The fourth-order valence-electron chi connectivity index (χ4n) is 1.74. The van der Waals surface area contributed by atoms with Crippen LogP contribution in [-0.2, 0) is 4.74 Å². The molecule has 0 bridgehead atoms. The summed E-state index contributed by atoms with van der Waals surface area (Å²) in [6.45, 7) is 2.14. The van der Waals surface area contributed by atoms with E-state index in [9.17, 15) is 0 Å². The average molecular weight is 228 g/mol. The SMILES string of the molecule is COCCNC(N)=NCC(C1CC1)N(C)C. The van der Waals surface area contributed by atoms with Crippen molar-refractivity contribution in [2.24, 2.45) is 16.6 Å². The Morgan fingerprint density at radius 3 is 2.75 bits per heavy atom. The van der Waals surface area contributed by atoms with E-state index in [4.69, 9.17) is 10.5 Å². The van der Waals surface area contributed by atoms with Gasteiger partial charge in [-0.2, -0.15) is 0 Å². The number of guanidine groups is 1. The number of aliphatic imine (C=N–C) groups is 1. The van der Waals surface area contributed by atoms with Gasteiger partial charge in [0.15, 0.2) is 5.96 Å². The second-order valence-electron chi connectivity index (χ2n) is 4.51. The third-order valence-corrected chi connectivity index (χ3v) is 2.89. The molecule has 1 saturated carbocycles. The fraction of sp³-hybridized carbons (Fsp3) is 0.909. The Kier molecular flexibility index (Phi) is 5.55. The van der Waals surface area contributed by atoms with Crippen LogP contribution in [0.5, 0.6) is 0 Å². The molecule has 1 unspecified atom stereocenters. The highest BCUT2D eigenvalue weighted by Gasteiger charge is 2.32. The number of nitrogens with two attached hydrogens (primary N) is 1. The van der Waals surface area contributed by atoms with Crippen LogP contribution >= 0.6 is 0 Å². The van der Waals surface area contributed by atoms with E-state index in [1.807, 2.05) is 0 Å². The molecule has 1 fully saturated rings. The predicted octanol–water partition coefficient (Wildman–Crippen LogP) is -0.123. The van der Waals surface area contributed by atoms with Crippen LogP contribution < -0.4 is 11.1 Å². The van der Waals surface area contributed by atoms with Crippen molar-refractivity contribution >= 4 is 5.96 Å². The lowest BCUT2D eigenvalue weighted by Crippen LogP contribution is -2.37. The maximum absolute atomic E-state index is 5.75. The molecule has 16 heavy (non-hydrogen) atoms. The van der Waals surface area contributed by atoms with E-state index in [2.05, 4.69) is 29.3 Å². The largest absolute Gasteiger partial charge is 0.383 e. The molecular formula is C11H24N4O. The molecule has 0 aromatic carbocycles. The van der Waals surface area contributed by atoms with Gasteiger partial charge in [-0.3, -0.25) is 4.99 Å². The van der Waals surface area contributed by atoms with Crippen LogP contribution in [0.1, 0.15) is 12.8 Å². The molecule has 0 radical (unpaired) electrons. The minimum atomic E-state index is 0.518. The number of hydrogen-bond acceptors (Lipinski definition) is 3. The van der Waals surface area contributed by atoms with E-state index in [0.29, 0.717) is 25.2 Å². The summed E-state index contributed by atoms with van der Waals surface area (Å²) in [7, 11) is 5.88. The summed E-state index contributed by atoms with van der Waals surface area (Å²) < 4.78 is 4.92. The number of nitrogens with one attached hydrogen (secondary N) is 1. The lowest BCUT2D eigenvalue weighted by atomic mass is 10.2. The van der Waals surface area contributed by atoms with Crippen molar-refractivity contribution in [1.29, 1.82) is 0 Å². The number of methoxy groups -OCH3 is 1. The summed E-state index contributed by atoms with van der Waals surface area (Å²) in [6.07, 6.45) is 2.66. The fourth-order valence-corrected chi connectivity index (χ4v) is 1.74. The summed E-state index contributed by atoms with van der Waals surface area (Å²) in [5, 5.41) is 3.02. The summed E-state index contributed by atoms with van der Waals surface area (Å²) in [6, 6.07) is 0.530. The Labute approximate surface area is 98.0 Å². The summed E-state index contributed by atoms with van der Waals surface area (Å²) in [5.41, 5.74) is 5.75. The first-order valence-corrected chi connectivity index (χ1v) is 5.84. The second-order valence-corrected chi connectivity index (χ2v) is 4.51. The molecule has 5 nitrogen and oxygen atoms in total. The predicted molar refractivity (Wildman–Crippen MR) is 66.6 cm³/mol. The molecule has 1 atom stereocenters. The lowest BCUT2D eigenvalue weighted by molar-refractivity contribution is 0.204. The maximum atomic E-state index is 5.75. The van der Waals surface area contributed by atoms with Crippen molar-refractivity contribution < 1.29 is 4.74 Å². The molecule has 5 heteroatoms. The highest BCUT2D eigenvalue weighted by Crippen LogP contribution is 2.34. The van der Waals surface area contributed by atoms with Gasteiger partial charge in [0, 0.05) is 19.7 Å². The normalized spacial score (nSPS) is 18.9. The van der Waals surface area contributed by atoms with Crippen molar-refractivity contribution in [1.82, 2.24) is 10.2 Å². The minimum absolute atomic E-state index is 0.518. The Balaban J connectivity index is 2.25. The zero-order valence-corrected chi connectivity index (χ0v) is 10.6. The molecule has 1 aliphatic carbocycles. The number of likely N-dealkylation sites (N-methyl/N-ethyl adjacent to an activating group) is 1. The molecule has 0 spiro atoms. The van der Waals surface area contributed by atoms with Gasteiger partial charge >= 0.3 is 0 Å². The van der Waals surface area contributed by atoms with Crippen LogP contribution in [0.3, 0.4) is 0 Å². The first-order valence-electron chi connectivity index (χ1n) is 5.84. The highest BCUT2D eigenvalue weighted by atomic mass is 16.5. The van der Waals surface area contributed by atoms with Gasteiger partial charge in [0.1, 0.15) is 0 Å². The Morgan fingerprint density at radius 2 is 2.25 bits per heavy atom. The zero-order valence-electron chi connectivity index (χ0n) is 10.6. The van der Waals surface area contributed by atoms with Crippen LogP contribution in [0, 0.1) is 5.92 Å². The van der Waals surface area contributed by atoms with Gasteiger partial charge in [-0.1, -0.05) is 0 Å². The van der Waals surface area contributed by atoms with E-state index in [1.54, 1.807) is 7.11 Å². The average Bonchev–Trinajstić information content (AvgIpc) is 3.02. The van der Waals surface area contributed by atoms with Crippen molar-refractivity contribution in [3.05, 3.63) is 0 Å². The van der Waals surface area contributed by atoms with Gasteiger partial charge in [0.05, 0.1) is 13.2 Å². The summed E-state index contributed by atoms with van der Waals surface area (Å²) in [5.74, 6) is 1.33. The molecule has 94 valence electrons. The summed E-state index contributed by atoms with van der Waals surface area (Å²) >= 11 is 0. The third-order valence-electron chi connectivity index (χ3n) is 2.89. The molecule has 0 aliphatic heterocycles. The number of hydrogen-bond donors (Lipinski definition) is 2. The van der Waals surface area contributed by atoms with Crippen molar-refractivity contribution in [2.75, 3.05) is 40.9 Å². The maximum Gasteiger partial charge on any atom is 0.188 e. The van der Waals surface area contributed by atoms with Crippen LogP contribution in [-0.4, -0.2) is 57.8 Å². The van der Waals surface area contributed by atoms with Crippen molar-refractivity contribution in [3.8, 4) is 0 Å². The smallest absolute Gasteiger partial charge is 0.188 e. The Bertz CT molecular complexity index is 224. The van der Waals surface area contributed by atoms with Crippen LogP contribution in [0.4, 0.5) is 0 Å². The molecular weight excluding hydrogens is 204 g/mol. The molecule has 1 rings (SSSR count). The Hall–Kier alpha value is -0.810. The lowest BCUT2D eigenvalue weighted by Gasteiger charge is -2.22. The first-order chi connectivity index (χ1) is 7.65. The Morgan fingerprint density at radius 1 is 1.56 bits per heavy atom. The second kappa shape index (κ2) is 6.70. The van der Waals surface area contributed by atoms with Crippen molar-refractivity contribution in [3.63, 3.8) is 0 Å². The van der Waals surface area contributed by atoms with E-state index in [1.165, 1.54) is 12.8 Å². The zero-order chi connectivity index (χ0) is 12.0. The van der Waals surface area contributed by atoms with Gasteiger partial charge in [0.2, 0.25) is 0 Å². The quantitative estimate of drug-likeness (QED) is 0.362. The number of nitrogens with zero attached hydrogens (tertiary/aromatic N) is 2. The molecule has 1 aliphatic rings. The summed E-state index contributed by atoms with van der Waals surface area (Å²) in [4.78, 5) is 6.60. The molecule has 0 saturated heterocycles. The van der Waals surface area contributed by atoms with E-state index in [-0.39, 0.29) is 0 Å². The van der Waals surface area contributed by atoms with E-state index >= 15 is 0 Å². The number of ether oxygens (including phenoxy) is 1. The molecule has 3 N–H and O–H groups in total. The van der Waals surface area contributed by atoms with Gasteiger partial charge in [-0.25, -0.2) is 0 Å². The van der Waals surface area contributed by atoms with Crippen molar-refractivity contribution in [2.45, 2.75) is 18.9 Å². The molecule has 0 heterocycles. The minimum Gasteiger partial charge on any atom is -0.383 e. The van der Waals surface area contributed by atoms with Gasteiger partial charge in [-0.15, -0.1) is 0 Å².